The molecule has 0 aromatic heterocycles. The van der Waals surface area contributed by atoms with Crippen molar-refractivity contribution in [3.8, 4) is 0 Å². The highest BCUT2D eigenvalue weighted by Gasteiger charge is 2.34. The zero-order valence-electron chi connectivity index (χ0n) is 22.7. The number of amides is 2. The minimum Gasteiger partial charge on any atom is -0.352 e. The summed E-state index contributed by atoms with van der Waals surface area (Å²) in [4.78, 5) is 28.6. The van der Waals surface area contributed by atoms with Gasteiger partial charge in [-0.15, -0.1) is 0 Å². The Kier molecular flexibility index (Phi) is 10.9. The number of anilines is 1. The fourth-order valence-corrected chi connectivity index (χ4v) is 6.12. The molecule has 0 aliphatic heterocycles. The minimum atomic E-state index is -4.26. The van der Waals surface area contributed by atoms with Crippen molar-refractivity contribution >= 4 is 62.3 Å². The molecule has 1 atom stereocenters. The molecule has 214 valence electrons. The Morgan fingerprint density at radius 1 is 0.925 bits per heavy atom. The van der Waals surface area contributed by atoms with Gasteiger partial charge in [0.05, 0.1) is 20.6 Å². The molecule has 3 aromatic carbocycles. The van der Waals surface area contributed by atoms with Crippen molar-refractivity contribution in [2.45, 2.75) is 57.6 Å². The second-order valence-electron chi connectivity index (χ2n) is 9.63. The molecule has 0 saturated carbocycles. The molecule has 0 aliphatic rings. The lowest BCUT2D eigenvalue weighted by Gasteiger charge is -2.33. The van der Waals surface area contributed by atoms with Crippen molar-refractivity contribution in [3.63, 3.8) is 0 Å². The Bertz CT molecular complexity index is 1450. The summed E-state index contributed by atoms with van der Waals surface area (Å²) in [6.45, 7) is 6.73. The number of benzene rings is 3. The third kappa shape index (κ3) is 7.69. The second-order valence-corrected chi connectivity index (χ2v) is 12.7. The molecule has 0 fully saturated rings. The first kappa shape index (κ1) is 31.7. The number of nitrogens with zero attached hydrogens (tertiary/aromatic N) is 2. The molecule has 0 unspecified atom stereocenters. The Labute approximate surface area is 251 Å². The molecular weight excluding hydrogens is 593 g/mol. The van der Waals surface area contributed by atoms with E-state index in [4.69, 9.17) is 34.8 Å². The van der Waals surface area contributed by atoms with Crippen molar-refractivity contribution in [2.75, 3.05) is 10.8 Å². The number of hydrogen-bond donors (Lipinski definition) is 1. The topological polar surface area (TPSA) is 86.8 Å². The fraction of sp³-hybridized carbons (Fsp3) is 0.310. The SMILES string of the molecule is CC[C@@H](C(=O)NC(C)C)N(Cc1ccc(Cl)cc1)C(=O)CN(c1cccc(Cl)c1Cl)S(=O)(=O)c1ccc(C)cc1. The van der Waals surface area contributed by atoms with E-state index in [9.17, 15) is 18.0 Å². The lowest BCUT2D eigenvalue weighted by Crippen LogP contribution is -2.53. The van der Waals surface area contributed by atoms with Crippen LogP contribution in [0.1, 0.15) is 38.3 Å². The third-order valence-electron chi connectivity index (χ3n) is 6.17. The van der Waals surface area contributed by atoms with E-state index in [0.717, 1.165) is 15.4 Å². The van der Waals surface area contributed by atoms with E-state index >= 15 is 0 Å². The van der Waals surface area contributed by atoms with Gasteiger partial charge in [0, 0.05) is 17.6 Å². The minimum absolute atomic E-state index is 0.0125. The smallest absolute Gasteiger partial charge is 0.264 e. The number of nitrogens with one attached hydrogen (secondary N) is 1. The van der Waals surface area contributed by atoms with Gasteiger partial charge < -0.3 is 10.2 Å². The van der Waals surface area contributed by atoms with E-state index in [1.807, 2.05) is 20.8 Å². The highest BCUT2D eigenvalue weighted by molar-refractivity contribution is 7.92. The number of aryl methyl sites for hydroxylation is 1. The van der Waals surface area contributed by atoms with Gasteiger partial charge in [0.1, 0.15) is 12.6 Å². The Morgan fingerprint density at radius 2 is 1.55 bits per heavy atom. The van der Waals surface area contributed by atoms with Gasteiger partial charge in [-0.2, -0.15) is 0 Å². The molecule has 0 aliphatic carbocycles. The van der Waals surface area contributed by atoms with Crippen LogP contribution < -0.4 is 9.62 Å². The van der Waals surface area contributed by atoms with E-state index in [-0.39, 0.29) is 39.1 Å². The summed E-state index contributed by atoms with van der Waals surface area (Å²) in [5.41, 5.74) is 1.65. The van der Waals surface area contributed by atoms with E-state index in [2.05, 4.69) is 5.32 Å². The number of halogens is 3. The van der Waals surface area contributed by atoms with Crippen LogP contribution in [0.2, 0.25) is 15.1 Å². The normalized spacial score (nSPS) is 12.2. The van der Waals surface area contributed by atoms with Gasteiger partial charge in [-0.05, 0) is 69.2 Å². The molecule has 3 rings (SSSR count). The largest absolute Gasteiger partial charge is 0.352 e. The maximum absolute atomic E-state index is 14.1. The number of carbonyl (C=O) groups is 2. The zero-order chi connectivity index (χ0) is 29.6. The lowest BCUT2D eigenvalue weighted by molar-refractivity contribution is -0.140. The quantitative estimate of drug-likeness (QED) is 0.265. The maximum atomic E-state index is 14.1. The molecule has 3 aromatic rings. The van der Waals surface area contributed by atoms with Gasteiger partial charge in [0.15, 0.2) is 0 Å². The zero-order valence-corrected chi connectivity index (χ0v) is 25.8. The van der Waals surface area contributed by atoms with Crippen LogP contribution in [0.25, 0.3) is 0 Å². The summed E-state index contributed by atoms with van der Waals surface area (Å²) in [6.07, 6.45) is 0.306. The standard InChI is InChI=1S/C29H32Cl3N3O4S/c1-5-25(29(37)33-19(2)3)34(17-21-11-13-22(30)14-12-21)27(36)18-35(26-8-6-7-24(31)28(26)32)40(38,39)23-15-9-20(4)10-16-23/h6-16,19,25H,5,17-18H2,1-4H3,(H,33,37)/t25-/m0/s1. The van der Waals surface area contributed by atoms with Gasteiger partial charge in [-0.3, -0.25) is 13.9 Å². The summed E-state index contributed by atoms with van der Waals surface area (Å²) in [7, 11) is -4.26. The molecule has 0 bridgehead atoms. The molecule has 2 amide bonds. The van der Waals surface area contributed by atoms with Crippen LogP contribution in [-0.4, -0.2) is 43.8 Å². The van der Waals surface area contributed by atoms with E-state index in [1.165, 1.54) is 29.2 Å². The predicted molar refractivity (Wildman–Crippen MR) is 162 cm³/mol. The first-order valence-corrected chi connectivity index (χ1v) is 15.3. The summed E-state index contributed by atoms with van der Waals surface area (Å²) in [5, 5.41) is 3.51. The van der Waals surface area contributed by atoms with Crippen molar-refractivity contribution in [1.82, 2.24) is 10.2 Å². The van der Waals surface area contributed by atoms with Crippen molar-refractivity contribution in [3.05, 3.63) is 92.9 Å². The molecule has 0 heterocycles. The van der Waals surface area contributed by atoms with Crippen LogP contribution >= 0.6 is 34.8 Å². The van der Waals surface area contributed by atoms with Crippen LogP contribution in [-0.2, 0) is 26.2 Å². The highest BCUT2D eigenvalue weighted by Crippen LogP contribution is 2.35. The Hall–Kier alpha value is -2.78. The Balaban J connectivity index is 2.10. The number of carbonyl (C=O) groups excluding carboxylic acids is 2. The summed E-state index contributed by atoms with van der Waals surface area (Å²) in [6, 6.07) is 16.7. The molecule has 40 heavy (non-hydrogen) atoms. The number of rotatable bonds is 11. The summed E-state index contributed by atoms with van der Waals surface area (Å²) < 4.78 is 28.8. The highest BCUT2D eigenvalue weighted by atomic mass is 35.5. The van der Waals surface area contributed by atoms with Crippen LogP contribution in [0.15, 0.2) is 71.6 Å². The van der Waals surface area contributed by atoms with Gasteiger partial charge in [0.2, 0.25) is 11.8 Å². The molecule has 11 heteroatoms. The average molecular weight is 625 g/mol. The van der Waals surface area contributed by atoms with Crippen molar-refractivity contribution in [1.29, 1.82) is 0 Å². The lowest BCUT2D eigenvalue weighted by atomic mass is 10.1. The van der Waals surface area contributed by atoms with Gasteiger partial charge in [0.25, 0.3) is 10.0 Å². The molecular formula is C29H32Cl3N3O4S. The molecule has 1 N–H and O–H groups in total. The van der Waals surface area contributed by atoms with Crippen LogP contribution in [0, 0.1) is 6.92 Å². The molecule has 0 radical (unpaired) electrons. The van der Waals surface area contributed by atoms with Gasteiger partial charge in [-0.1, -0.05) is 77.6 Å². The second kappa shape index (κ2) is 13.7. The molecule has 7 nitrogen and oxygen atoms in total. The van der Waals surface area contributed by atoms with E-state index in [1.54, 1.807) is 49.4 Å². The first-order valence-electron chi connectivity index (χ1n) is 12.7. The van der Waals surface area contributed by atoms with Crippen LogP contribution in [0.3, 0.4) is 0 Å². The third-order valence-corrected chi connectivity index (χ3v) is 9.01. The number of hydrogen-bond acceptors (Lipinski definition) is 4. The number of sulfonamides is 1. The van der Waals surface area contributed by atoms with E-state index in [0.29, 0.717) is 11.4 Å². The fourth-order valence-electron chi connectivity index (χ4n) is 4.12. The van der Waals surface area contributed by atoms with Crippen LogP contribution in [0.5, 0.6) is 0 Å². The molecule has 0 saturated heterocycles. The van der Waals surface area contributed by atoms with Crippen LogP contribution in [0.4, 0.5) is 5.69 Å². The molecule has 0 spiro atoms. The monoisotopic (exact) mass is 623 g/mol. The first-order chi connectivity index (χ1) is 18.8. The van der Waals surface area contributed by atoms with Gasteiger partial charge in [-0.25, -0.2) is 8.42 Å². The average Bonchev–Trinajstić information content (AvgIpc) is 2.89. The van der Waals surface area contributed by atoms with E-state index < -0.39 is 28.5 Å². The predicted octanol–water partition coefficient (Wildman–Crippen LogP) is 6.48. The Morgan fingerprint density at radius 3 is 2.12 bits per heavy atom. The maximum Gasteiger partial charge on any atom is 0.264 e. The van der Waals surface area contributed by atoms with Crippen molar-refractivity contribution < 1.29 is 18.0 Å². The van der Waals surface area contributed by atoms with Crippen molar-refractivity contribution in [2.24, 2.45) is 0 Å². The summed E-state index contributed by atoms with van der Waals surface area (Å²) >= 11 is 18.8. The summed E-state index contributed by atoms with van der Waals surface area (Å²) in [5.74, 6) is -0.930. The van der Waals surface area contributed by atoms with Gasteiger partial charge >= 0.3 is 0 Å².